The van der Waals surface area contributed by atoms with Gasteiger partial charge in [0.2, 0.25) is 11.8 Å². The largest absolute Gasteiger partial charge is 0.354 e. The van der Waals surface area contributed by atoms with Gasteiger partial charge in [0.1, 0.15) is 17.8 Å². The highest BCUT2D eigenvalue weighted by molar-refractivity contribution is 6.01. The van der Waals surface area contributed by atoms with Gasteiger partial charge in [-0.3, -0.25) is 19.4 Å². The summed E-state index contributed by atoms with van der Waals surface area (Å²) < 4.78 is 1.83. The molecule has 0 spiro atoms. The zero-order valence-electron chi connectivity index (χ0n) is 22.7. The lowest BCUT2D eigenvalue weighted by molar-refractivity contribution is -0.139. The number of aromatic nitrogens is 1. The highest BCUT2D eigenvalue weighted by Crippen LogP contribution is 2.21. The maximum atomic E-state index is 13.9. The summed E-state index contributed by atoms with van der Waals surface area (Å²) in [4.78, 5) is 46.0. The van der Waals surface area contributed by atoms with Gasteiger partial charge < -0.3 is 25.5 Å². The van der Waals surface area contributed by atoms with E-state index in [4.69, 9.17) is 5.84 Å². The number of carbonyl (C=O) groups is 3. The van der Waals surface area contributed by atoms with Crippen molar-refractivity contribution >= 4 is 47.4 Å². The molecule has 4 rings (SSSR count). The van der Waals surface area contributed by atoms with Crippen LogP contribution in [0.2, 0.25) is 0 Å². The van der Waals surface area contributed by atoms with Crippen molar-refractivity contribution in [1.29, 1.82) is 0 Å². The molecule has 1 aliphatic rings. The second-order valence-corrected chi connectivity index (χ2v) is 9.75. The normalized spacial score (nSPS) is 15.6. The van der Waals surface area contributed by atoms with E-state index in [2.05, 4.69) is 21.1 Å². The number of carbonyl (C=O) groups excluding carboxylic acids is 3. The summed E-state index contributed by atoms with van der Waals surface area (Å²) in [6, 6.07) is 17.8. The van der Waals surface area contributed by atoms with Crippen LogP contribution in [-0.4, -0.2) is 65.2 Å². The summed E-state index contributed by atoms with van der Waals surface area (Å²) in [7, 11) is 1.84. The summed E-state index contributed by atoms with van der Waals surface area (Å²) in [5, 5.41) is 6.90. The quantitative estimate of drug-likeness (QED) is 0.0876. The Kier molecular flexibility index (Phi) is 11.5. The Labute approximate surface area is 240 Å². The van der Waals surface area contributed by atoms with Gasteiger partial charge in [-0.25, -0.2) is 5.84 Å². The third kappa shape index (κ3) is 7.61. The summed E-state index contributed by atoms with van der Waals surface area (Å²) in [6.07, 6.45) is 4.68. The molecular formula is C29H38ClN7O3. The van der Waals surface area contributed by atoms with Gasteiger partial charge >= 0.3 is 0 Å². The van der Waals surface area contributed by atoms with Gasteiger partial charge in [-0.15, -0.1) is 12.4 Å². The van der Waals surface area contributed by atoms with Crippen molar-refractivity contribution in [3.05, 3.63) is 71.9 Å². The number of nitrogens with zero attached hydrogens (tertiary/aromatic N) is 3. The molecule has 1 fully saturated rings. The topological polar surface area (TPSA) is 134 Å². The Balaban J connectivity index is 0.00000441. The molecule has 2 atom stereocenters. The minimum atomic E-state index is -0.805. The molecule has 0 aliphatic carbocycles. The second kappa shape index (κ2) is 15.0. The number of hydrazine groups is 1. The molecule has 40 heavy (non-hydrogen) atoms. The van der Waals surface area contributed by atoms with E-state index in [0.29, 0.717) is 38.2 Å². The van der Waals surface area contributed by atoms with Gasteiger partial charge in [-0.05, 0) is 43.4 Å². The number of benzene rings is 2. The zero-order chi connectivity index (χ0) is 27.6. The number of para-hydroxylation sites is 1. The van der Waals surface area contributed by atoms with Crippen LogP contribution < -0.4 is 21.9 Å². The van der Waals surface area contributed by atoms with Crippen molar-refractivity contribution in [2.45, 2.75) is 44.2 Å². The van der Waals surface area contributed by atoms with Gasteiger partial charge in [0.05, 0.1) is 6.34 Å². The molecule has 0 saturated carbocycles. The molecular weight excluding hydrogens is 530 g/mol. The molecule has 2 aromatic carbocycles. The molecule has 3 amide bonds. The first kappa shape index (κ1) is 30.6. The van der Waals surface area contributed by atoms with Crippen molar-refractivity contribution in [2.24, 2.45) is 17.9 Å². The first-order valence-electron chi connectivity index (χ1n) is 13.4. The fraction of sp³-hybridized carbons (Fsp3) is 0.379. The van der Waals surface area contributed by atoms with Crippen molar-refractivity contribution in [2.75, 3.05) is 19.6 Å². The maximum Gasteiger partial charge on any atom is 0.268 e. The number of fused-ring (bicyclic) bond motifs is 1. The molecule has 11 heteroatoms. The summed E-state index contributed by atoms with van der Waals surface area (Å²) >= 11 is 0. The molecule has 0 bridgehead atoms. The summed E-state index contributed by atoms with van der Waals surface area (Å²) in [5.41, 5.74) is 4.70. The number of rotatable bonds is 12. The Hall–Kier alpha value is -3.89. The zero-order valence-corrected chi connectivity index (χ0v) is 23.5. The number of nitrogens with one attached hydrogen (secondary N) is 3. The lowest BCUT2D eigenvalue weighted by atomic mass is 10.0. The minimum absolute atomic E-state index is 0. The standard InChI is InChI=1S/C29H37N7O3.ClH/c1-35-24-13-6-5-12-22(24)19-26(35)28(38)34-23(18-21-10-3-2-4-11-21)29(39)36-17-9-14-25(36)27(37)32-16-8-7-15-31-20-33-30;/h2-6,10-13,19-20,23,25H,7-9,14-18,30H2,1H3,(H,31,33)(H,32,37)(H,34,38);1H/t23-,25+;/m1./s1. The van der Waals surface area contributed by atoms with E-state index >= 15 is 0 Å². The molecule has 3 aromatic rings. The van der Waals surface area contributed by atoms with E-state index in [1.807, 2.05) is 72.3 Å². The number of aryl methyl sites for hydroxylation is 1. The summed E-state index contributed by atoms with van der Waals surface area (Å²) in [6.45, 7) is 1.60. The summed E-state index contributed by atoms with van der Waals surface area (Å²) in [5.74, 6) is 4.42. The molecule has 10 nitrogen and oxygen atoms in total. The van der Waals surface area contributed by atoms with Crippen LogP contribution in [0.25, 0.3) is 10.9 Å². The smallest absolute Gasteiger partial charge is 0.268 e. The number of halogens is 1. The predicted octanol–water partition coefficient (Wildman–Crippen LogP) is 2.32. The molecule has 0 radical (unpaired) electrons. The van der Waals surface area contributed by atoms with Crippen LogP contribution in [0.5, 0.6) is 0 Å². The molecule has 5 N–H and O–H groups in total. The maximum absolute atomic E-state index is 13.9. The Morgan fingerprint density at radius 2 is 1.85 bits per heavy atom. The van der Waals surface area contributed by atoms with Crippen LogP contribution in [0.3, 0.4) is 0 Å². The number of unbranched alkanes of at least 4 members (excludes halogenated alkanes) is 1. The second-order valence-electron chi connectivity index (χ2n) is 9.75. The van der Waals surface area contributed by atoms with Crippen LogP contribution in [0.4, 0.5) is 0 Å². The first-order valence-corrected chi connectivity index (χ1v) is 13.4. The van der Waals surface area contributed by atoms with E-state index in [1.54, 1.807) is 4.90 Å². The number of hydrogen-bond acceptors (Lipinski definition) is 5. The van der Waals surface area contributed by atoms with Crippen molar-refractivity contribution in [3.63, 3.8) is 0 Å². The highest BCUT2D eigenvalue weighted by atomic mass is 35.5. The van der Waals surface area contributed by atoms with Crippen LogP contribution in [-0.2, 0) is 23.1 Å². The third-order valence-electron chi connectivity index (χ3n) is 7.09. The van der Waals surface area contributed by atoms with Crippen LogP contribution in [0, 0.1) is 0 Å². The molecule has 214 valence electrons. The fourth-order valence-electron chi connectivity index (χ4n) is 5.07. The minimum Gasteiger partial charge on any atom is -0.354 e. The highest BCUT2D eigenvalue weighted by Gasteiger charge is 2.37. The predicted molar refractivity (Wildman–Crippen MR) is 159 cm³/mol. The van der Waals surface area contributed by atoms with E-state index in [0.717, 1.165) is 35.7 Å². The number of likely N-dealkylation sites (tertiary alicyclic amines) is 1. The van der Waals surface area contributed by atoms with Gasteiger partial charge in [-0.1, -0.05) is 48.5 Å². The molecule has 0 unspecified atom stereocenters. The number of amides is 3. The number of aliphatic imine (C=N–C) groups is 1. The molecule has 2 heterocycles. The van der Waals surface area contributed by atoms with Crippen molar-refractivity contribution < 1.29 is 14.4 Å². The number of nitrogens with two attached hydrogens (primary N) is 1. The molecule has 1 aromatic heterocycles. The van der Waals surface area contributed by atoms with E-state index < -0.39 is 12.1 Å². The monoisotopic (exact) mass is 567 g/mol. The van der Waals surface area contributed by atoms with Gasteiger partial charge in [0, 0.05) is 44.0 Å². The van der Waals surface area contributed by atoms with E-state index in [1.165, 1.54) is 6.34 Å². The van der Waals surface area contributed by atoms with Crippen LogP contribution >= 0.6 is 12.4 Å². The SMILES string of the molecule is Cl.Cn1c(C(=O)N[C@H](Cc2ccccc2)C(=O)N2CCC[C@H]2C(=O)NCCCCN=CNN)cc2ccccc21. The lowest BCUT2D eigenvalue weighted by Gasteiger charge is -2.29. The van der Waals surface area contributed by atoms with Gasteiger partial charge in [0.25, 0.3) is 5.91 Å². The van der Waals surface area contributed by atoms with Crippen LogP contribution in [0.1, 0.15) is 41.7 Å². The fourth-order valence-corrected chi connectivity index (χ4v) is 5.07. The average molecular weight is 568 g/mol. The Morgan fingerprint density at radius 3 is 2.60 bits per heavy atom. The average Bonchev–Trinajstić information content (AvgIpc) is 3.58. The lowest BCUT2D eigenvalue weighted by Crippen LogP contribution is -2.54. The van der Waals surface area contributed by atoms with Crippen LogP contribution in [0.15, 0.2) is 65.7 Å². The first-order chi connectivity index (χ1) is 19.0. The van der Waals surface area contributed by atoms with Gasteiger partial charge in [-0.2, -0.15) is 0 Å². The number of hydrogen-bond donors (Lipinski definition) is 4. The third-order valence-corrected chi connectivity index (χ3v) is 7.09. The van der Waals surface area contributed by atoms with E-state index in [-0.39, 0.29) is 30.1 Å². The Morgan fingerprint density at radius 1 is 1.10 bits per heavy atom. The van der Waals surface area contributed by atoms with Crippen molar-refractivity contribution in [1.82, 2.24) is 25.5 Å². The Bertz CT molecular complexity index is 1310. The molecule has 1 saturated heterocycles. The molecule has 1 aliphatic heterocycles. The van der Waals surface area contributed by atoms with E-state index in [9.17, 15) is 14.4 Å². The van der Waals surface area contributed by atoms with Crippen molar-refractivity contribution in [3.8, 4) is 0 Å². The van der Waals surface area contributed by atoms with Gasteiger partial charge in [0.15, 0.2) is 0 Å².